The SMILES string of the molecule is Cc1cc(Br)ccc1C(=O)CCC1CCCC1. The lowest BCUT2D eigenvalue weighted by Gasteiger charge is -2.09. The number of Topliss-reactive ketones (excluding diaryl/α,β-unsaturated/α-hetero) is 1. The Hall–Kier alpha value is -0.630. The van der Waals surface area contributed by atoms with Gasteiger partial charge in [-0.1, -0.05) is 47.7 Å². The van der Waals surface area contributed by atoms with E-state index in [2.05, 4.69) is 15.9 Å². The monoisotopic (exact) mass is 294 g/mol. The summed E-state index contributed by atoms with van der Waals surface area (Å²) in [4.78, 5) is 12.1. The highest BCUT2D eigenvalue weighted by atomic mass is 79.9. The molecule has 0 aliphatic heterocycles. The van der Waals surface area contributed by atoms with E-state index in [9.17, 15) is 4.79 Å². The predicted molar refractivity (Wildman–Crippen MR) is 74.4 cm³/mol. The second-order valence-corrected chi connectivity index (χ2v) is 5.99. The molecule has 0 atom stereocenters. The van der Waals surface area contributed by atoms with Crippen LogP contribution in [0.15, 0.2) is 22.7 Å². The molecule has 17 heavy (non-hydrogen) atoms. The standard InChI is InChI=1S/C15H19BrO/c1-11-10-13(16)7-8-14(11)15(17)9-6-12-4-2-3-5-12/h7-8,10,12H,2-6,9H2,1H3. The molecule has 2 rings (SSSR count). The molecule has 1 aromatic carbocycles. The van der Waals surface area contributed by atoms with Crippen LogP contribution < -0.4 is 0 Å². The van der Waals surface area contributed by atoms with E-state index in [1.165, 1.54) is 25.7 Å². The molecule has 0 N–H and O–H groups in total. The summed E-state index contributed by atoms with van der Waals surface area (Å²) in [5.74, 6) is 1.11. The lowest BCUT2D eigenvalue weighted by atomic mass is 9.96. The second-order valence-electron chi connectivity index (χ2n) is 5.07. The molecule has 0 spiro atoms. The van der Waals surface area contributed by atoms with E-state index in [1.54, 1.807) is 0 Å². The highest BCUT2D eigenvalue weighted by molar-refractivity contribution is 9.10. The van der Waals surface area contributed by atoms with Crippen LogP contribution in [0, 0.1) is 12.8 Å². The Morgan fingerprint density at radius 2 is 2.06 bits per heavy atom. The van der Waals surface area contributed by atoms with Gasteiger partial charge in [0.25, 0.3) is 0 Å². The molecule has 0 unspecified atom stereocenters. The largest absolute Gasteiger partial charge is 0.294 e. The van der Waals surface area contributed by atoms with Crippen molar-refractivity contribution in [1.82, 2.24) is 0 Å². The molecular weight excluding hydrogens is 276 g/mol. The summed E-state index contributed by atoms with van der Waals surface area (Å²) in [5, 5.41) is 0. The lowest BCUT2D eigenvalue weighted by Crippen LogP contribution is -2.04. The zero-order valence-electron chi connectivity index (χ0n) is 10.3. The summed E-state index contributed by atoms with van der Waals surface area (Å²) < 4.78 is 1.04. The van der Waals surface area contributed by atoms with Gasteiger partial charge in [0.15, 0.2) is 5.78 Å². The molecule has 1 aliphatic rings. The number of hydrogen-bond acceptors (Lipinski definition) is 1. The van der Waals surface area contributed by atoms with Crippen molar-refractivity contribution in [3.05, 3.63) is 33.8 Å². The van der Waals surface area contributed by atoms with Crippen molar-refractivity contribution in [2.45, 2.75) is 45.4 Å². The van der Waals surface area contributed by atoms with Gasteiger partial charge >= 0.3 is 0 Å². The van der Waals surface area contributed by atoms with E-state index in [1.807, 2.05) is 25.1 Å². The molecule has 0 bridgehead atoms. The third kappa shape index (κ3) is 3.41. The molecule has 0 saturated heterocycles. The summed E-state index contributed by atoms with van der Waals surface area (Å²) >= 11 is 3.43. The van der Waals surface area contributed by atoms with Crippen LogP contribution in [0.2, 0.25) is 0 Å². The van der Waals surface area contributed by atoms with Crippen LogP contribution in [0.25, 0.3) is 0 Å². The number of rotatable bonds is 4. The average Bonchev–Trinajstić information content (AvgIpc) is 2.78. The third-order valence-electron chi connectivity index (χ3n) is 3.74. The summed E-state index contributed by atoms with van der Waals surface area (Å²) in [5.41, 5.74) is 1.97. The fraction of sp³-hybridized carbons (Fsp3) is 0.533. The van der Waals surface area contributed by atoms with Crippen LogP contribution in [0.5, 0.6) is 0 Å². The minimum Gasteiger partial charge on any atom is -0.294 e. The number of carbonyl (C=O) groups excluding carboxylic acids is 1. The summed E-state index contributed by atoms with van der Waals surface area (Å²) in [6, 6.07) is 5.91. The first-order chi connectivity index (χ1) is 8.16. The van der Waals surface area contributed by atoms with Gasteiger partial charge in [-0.2, -0.15) is 0 Å². The summed E-state index contributed by atoms with van der Waals surface area (Å²) in [6.07, 6.45) is 7.16. The fourth-order valence-corrected chi connectivity index (χ4v) is 3.18. The van der Waals surface area contributed by atoms with Crippen molar-refractivity contribution in [2.24, 2.45) is 5.92 Å². The lowest BCUT2D eigenvalue weighted by molar-refractivity contribution is 0.0973. The van der Waals surface area contributed by atoms with Gasteiger partial charge in [0, 0.05) is 16.5 Å². The van der Waals surface area contributed by atoms with Crippen molar-refractivity contribution in [1.29, 1.82) is 0 Å². The zero-order chi connectivity index (χ0) is 12.3. The van der Waals surface area contributed by atoms with Crippen molar-refractivity contribution in [3.8, 4) is 0 Å². The molecule has 2 heteroatoms. The molecule has 92 valence electrons. The van der Waals surface area contributed by atoms with E-state index in [4.69, 9.17) is 0 Å². The molecule has 0 amide bonds. The van der Waals surface area contributed by atoms with Crippen LogP contribution in [0.1, 0.15) is 54.4 Å². The van der Waals surface area contributed by atoms with E-state index in [0.29, 0.717) is 12.2 Å². The van der Waals surface area contributed by atoms with Crippen LogP contribution >= 0.6 is 15.9 Å². The highest BCUT2D eigenvalue weighted by Crippen LogP contribution is 2.29. The molecule has 1 saturated carbocycles. The van der Waals surface area contributed by atoms with Gasteiger partial charge in [-0.25, -0.2) is 0 Å². The van der Waals surface area contributed by atoms with Gasteiger partial charge in [-0.15, -0.1) is 0 Å². The van der Waals surface area contributed by atoms with Crippen molar-refractivity contribution >= 4 is 21.7 Å². The minimum atomic E-state index is 0.307. The molecule has 0 aromatic heterocycles. The van der Waals surface area contributed by atoms with E-state index in [0.717, 1.165) is 27.9 Å². The van der Waals surface area contributed by atoms with Crippen LogP contribution in [0.3, 0.4) is 0 Å². The Kier molecular flexibility index (Phi) is 4.38. The number of benzene rings is 1. The molecule has 1 aliphatic carbocycles. The van der Waals surface area contributed by atoms with E-state index < -0.39 is 0 Å². The van der Waals surface area contributed by atoms with Gasteiger partial charge in [-0.05, 0) is 37.0 Å². The first-order valence-corrected chi connectivity index (χ1v) is 7.25. The first kappa shape index (κ1) is 12.8. The summed E-state index contributed by atoms with van der Waals surface area (Å²) in [7, 11) is 0. The van der Waals surface area contributed by atoms with Gasteiger partial charge in [0.1, 0.15) is 0 Å². The normalized spacial score (nSPS) is 16.4. The molecule has 1 nitrogen and oxygen atoms in total. The molecule has 1 fully saturated rings. The Balaban J connectivity index is 1.94. The van der Waals surface area contributed by atoms with Crippen molar-refractivity contribution in [3.63, 3.8) is 0 Å². The van der Waals surface area contributed by atoms with Crippen LogP contribution in [-0.2, 0) is 0 Å². The maximum atomic E-state index is 12.1. The Morgan fingerprint density at radius 1 is 1.35 bits per heavy atom. The maximum absolute atomic E-state index is 12.1. The fourth-order valence-electron chi connectivity index (χ4n) is 2.71. The van der Waals surface area contributed by atoms with Crippen LogP contribution in [0.4, 0.5) is 0 Å². The quantitative estimate of drug-likeness (QED) is 0.721. The third-order valence-corrected chi connectivity index (χ3v) is 4.24. The maximum Gasteiger partial charge on any atom is 0.163 e. The van der Waals surface area contributed by atoms with E-state index in [-0.39, 0.29) is 0 Å². The zero-order valence-corrected chi connectivity index (χ0v) is 11.9. The Bertz CT molecular complexity index is 405. The highest BCUT2D eigenvalue weighted by Gasteiger charge is 2.17. The Morgan fingerprint density at radius 3 is 2.71 bits per heavy atom. The predicted octanol–water partition coefficient (Wildman–Crippen LogP) is 4.91. The molecule has 0 heterocycles. The first-order valence-electron chi connectivity index (χ1n) is 6.46. The van der Waals surface area contributed by atoms with Gasteiger partial charge in [0.2, 0.25) is 0 Å². The smallest absolute Gasteiger partial charge is 0.163 e. The Labute approximate surface area is 112 Å². The van der Waals surface area contributed by atoms with Gasteiger partial charge in [-0.3, -0.25) is 4.79 Å². The van der Waals surface area contributed by atoms with Gasteiger partial charge < -0.3 is 0 Å². The number of carbonyl (C=O) groups is 1. The molecular formula is C15H19BrO. The minimum absolute atomic E-state index is 0.307. The van der Waals surface area contributed by atoms with Crippen molar-refractivity contribution in [2.75, 3.05) is 0 Å². The number of aryl methyl sites for hydroxylation is 1. The number of ketones is 1. The number of hydrogen-bond donors (Lipinski definition) is 0. The second kappa shape index (κ2) is 5.81. The van der Waals surface area contributed by atoms with Gasteiger partial charge in [0.05, 0.1) is 0 Å². The van der Waals surface area contributed by atoms with Crippen molar-refractivity contribution < 1.29 is 4.79 Å². The van der Waals surface area contributed by atoms with E-state index >= 15 is 0 Å². The number of halogens is 1. The van der Waals surface area contributed by atoms with Crippen LogP contribution in [-0.4, -0.2) is 5.78 Å². The summed E-state index contributed by atoms with van der Waals surface area (Å²) in [6.45, 7) is 2.01. The topological polar surface area (TPSA) is 17.1 Å². The molecule has 0 radical (unpaired) electrons. The molecule has 1 aromatic rings. The average molecular weight is 295 g/mol.